The Bertz CT molecular complexity index is 778. The highest BCUT2D eigenvalue weighted by atomic mass is 79.9. The number of rotatable bonds is 7. The maximum absolute atomic E-state index is 12.9. The van der Waals surface area contributed by atoms with Crippen molar-refractivity contribution in [2.24, 2.45) is 0 Å². The lowest BCUT2D eigenvalue weighted by atomic mass is 10.2. The van der Waals surface area contributed by atoms with E-state index in [1.807, 2.05) is 6.07 Å². The van der Waals surface area contributed by atoms with Crippen molar-refractivity contribution in [2.75, 3.05) is 38.3 Å². The van der Waals surface area contributed by atoms with Crippen LogP contribution >= 0.6 is 15.9 Å². The van der Waals surface area contributed by atoms with Crippen LogP contribution in [0, 0.1) is 0 Å². The monoisotopic (exact) mass is 422 g/mol. The number of benzene rings is 1. The summed E-state index contributed by atoms with van der Waals surface area (Å²) in [5, 5.41) is 0. The van der Waals surface area contributed by atoms with Crippen LogP contribution < -0.4 is 9.64 Å². The van der Waals surface area contributed by atoms with Crippen molar-refractivity contribution in [3.8, 4) is 5.75 Å². The number of carbonyl (C=O) groups is 2. The molecule has 3 rings (SSSR count). The third kappa shape index (κ3) is 4.25. The fraction of sp³-hybridized carbons (Fsp3) is 0.333. The Balaban J connectivity index is 1.76. The van der Waals surface area contributed by atoms with Gasteiger partial charge in [-0.25, -0.2) is 0 Å². The molecule has 2 aromatic rings. The summed E-state index contributed by atoms with van der Waals surface area (Å²) in [4.78, 5) is 28.2. The molecule has 1 aromatic carbocycles. The number of anilines is 1. The second-order valence-electron chi connectivity index (χ2n) is 5.77. The molecule has 0 unspecified atom stereocenters. The number of furan rings is 1. The molecule has 8 heteroatoms. The summed E-state index contributed by atoms with van der Waals surface area (Å²) >= 11 is 3.38. The number of hydrogen-bond acceptors (Lipinski definition) is 5. The van der Waals surface area contributed by atoms with Gasteiger partial charge in [-0.1, -0.05) is 15.9 Å². The summed E-state index contributed by atoms with van der Waals surface area (Å²) in [6.07, 6.45) is 1.56. The van der Waals surface area contributed by atoms with Gasteiger partial charge in [0.1, 0.15) is 18.1 Å². The molecule has 0 saturated carbocycles. The highest BCUT2D eigenvalue weighted by molar-refractivity contribution is 9.10. The molecular weight excluding hydrogens is 404 g/mol. The van der Waals surface area contributed by atoms with Gasteiger partial charge in [-0.2, -0.15) is 0 Å². The molecule has 7 nitrogen and oxygen atoms in total. The minimum atomic E-state index is -0.252. The Morgan fingerprint density at radius 2 is 2.23 bits per heavy atom. The van der Waals surface area contributed by atoms with Crippen LogP contribution in [0.3, 0.4) is 0 Å². The molecule has 0 bridgehead atoms. The molecular formula is C18H19BrN2O5. The molecule has 1 aliphatic heterocycles. The van der Waals surface area contributed by atoms with Gasteiger partial charge >= 0.3 is 0 Å². The van der Waals surface area contributed by atoms with Gasteiger partial charge < -0.3 is 18.8 Å². The van der Waals surface area contributed by atoms with Gasteiger partial charge in [0.15, 0.2) is 6.61 Å². The van der Waals surface area contributed by atoms with Crippen molar-refractivity contribution in [2.45, 2.75) is 6.54 Å². The highest BCUT2D eigenvalue weighted by Gasteiger charge is 2.29. The Hall–Kier alpha value is -2.32. The summed E-state index contributed by atoms with van der Waals surface area (Å²) in [5.74, 6) is 0.800. The number of fused-ring (bicyclic) bond motifs is 1. The Morgan fingerprint density at radius 1 is 1.38 bits per heavy atom. The molecule has 2 amide bonds. The van der Waals surface area contributed by atoms with E-state index >= 15 is 0 Å². The standard InChI is InChI=1S/C18H19BrN2O5/c1-24-8-6-20(10-14-3-2-7-25-14)17(22)11-21-15-5-4-13(19)9-16(15)26-12-18(21)23/h2-5,7,9H,6,8,10-12H2,1H3. The van der Waals surface area contributed by atoms with Crippen molar-refractivity contribution in [1.82, 2.24) is 4.90 Å². The first kappa shape index (κ1) is 18.5. The minimum absolute atomic E-state index is 0.0682. The summed E-state index contributed by atoms with van der Waals surface area (Å²) < 4.78 is 16.7. The van der Waals surface area contributed by atoms with Crippen molar-refractivity contribution in [3.05, 3.63) is 46.8 Å². The first-order chi connectivity index (χ1) is 12.6. The maximum atomic E-state index is 12.9. The van der Waals surface area contributed by atoms with Crippen LogP contribution in [0.25, 0.3) is 0 Å². The molecule has 1 aliphatic rings. The number of nitrogens with zero attached hydrogens (tertiary/aromatic N) is 2. The van der Waals surface area contributed by atoms with Gasteiger partial charge in [0.2, 0.25) is 5.91 Å². The molecule has 0 atom stereocenters. The van der Waals surface area contributed by atoms with E-state index < -0.39 is 0 Å². The smallest absolute Gasteiger partial charge is 0.265 e. The number of amides is 2. The lowest BCUT2D eigenvalue weighted by Gasteiger charge is -2.31. The molecule has 138 valence electrons. The largest absolute Gasteiger partial charge is 0.482 e. The zero-order valence-corrected chi connectivity index (χ0v) is 15.9. The topological polar surface area (TPSA) is 72.2 Å². The van der Waals surface area contributed by atoms with Crippen molar-refractivity contribution >= 4 is 33.4 Å². The molecule has 0 fully saturated rings. The predicted molar refractivity (Wildman–Crippen MR) is 98.0 cm³/mol. The Kier molecular flexibility index (Phi) is 5.95. The van der Waals surface area contributed by atoms with Gasteiger partial charge in [-0.15, -0.1) is 0 Å². The lowest BCUT2D eigenvalue weighted by Crippen LogP contribution is -2.47. The van der Waals surface area contributed by atoms with Gasteiger partial charge in [-0.3, -0.25) is 14.5 Å². The number of halogens is 1. The Labute approximate surface area is 159 Å². The third-order valence-electron chi connectivity index (χ3n) is 4.00. The van der Waals surface area contributed by atoms with Gasteiger partial charge in [0.25, 0.3) is 5.91 Å². The van der Waals surface area contributed by atoms with Crippen LogP contribution in [0.5, 0.6) is 5.75 Å². The lowest BCUT2D eigenvalue weighted by molar-refractivity contribution is -0.133. The van der Waals surface area contributed by atoms with Gasteiger partial charge in [0.05, 0.1) is 25.1 Å². The molecule has 26 heavy (non-hydrogen) atoms. The van der Waals surface area contributed by atoms with Crippen LogP contribution in [-0.4, -0.2) is 50.1 Å². The summed E-state index contributed by atoms with van der Waals surface area (Å²) in [6, 6.07) is 8.93. The second kappa shape index (κ2) is 8.37. The van der Waals surface area contributed by atoms with Crippen LogP contribution in [0.1, 0.15) is 5.76 Å². The van der Waals surface area contributed by atoms with E-state index in [1.165, 1.54) is 4.90 Å². The molecule has 2 heterocycles. The average molecular weight is 423 g/mol. The normalized spacial score (nSPS) is 13.3. The van der Waals surface area contributed by atoms with E-state index in [0.717, 1.165) is 4.47 Å². The number of carbonyl (C=O) groups excluding carboxylic acids is 2. The van der Waals surface area contributed by atoms with E-state index in [2.05, 4.69) is 15.9 Å². The zero-order valence-electron chi connectivity index (χ0n) is 14.3. The molecule has 0 N–H and O–H groups in total. The van der Waals surface area contributed by atoms with Crippen LogP contribution in [0.15, 0.2) is 45.5 Å². The summed E-state index contributed by atoms with van der Waals surface area (Å²) in [7, 11) is 1.58. The summed E-state index contributed by atoms with van der Waals surface area (Å²) in [5.41, 5.74) is 0.586. The molecule has 0 spiro atoms. The van der Waals surface area contributed by atoms with Crippen molar-refractivity contribution < 1.29 is 23.5 Å². The number of methoxy groups -OCH3 is 1. The fourth-order valence-electron chi connectivity index (χ4n) is 2.67. The van der Waals surface area contributed by atoms with Gasteiger partial charge in [0, 0.05) is 18.1 Å². The number of ether oxygens (including phenoxy) is 2. The van der Waals surface area contributed by atoms with E-state index in [9.17, 15) is 9.59 Å². The van der Waals surface area contributed by atoms with Crippen LogP contribution in [-0.2, 0) is 20.9 Å². The average Bonchev–Trinajstić information content (AvgIpc) is 3.14. The molecule has 0 aliphatic carbocycles. The van der Waals surface area contributed by atoms with E-state index in [4.69, 9.17) is 13.9 Å². The minimum Gasteiger partial charge on any atom is -0.482 e. The van der Waals surface area contributed by atoms with Gasteiger partial charge in [-0.05, 0) is 30.3 Å². The molecule has 0 saturated heterocycles. The van der Waals surface area contributed by atoms with E-state index in [0.29, 0.717) is 36.9 Å². The first-order valence-electron chi connectivity index (χ1n) is 8.10. The van der Waals surface area contributed by atoms with E-state index in [1.54, 1.807) is 42.5 Å². The van der Waals surface area contributed by atoms with Crippen LogP contribution in [0.4, 0.5) is 5.69 Å². The maximum Gasteiger partial charge on any atom is 0.265 e. The fourth-order valence-corrected chi connectivity index (χ4v) is 3.01. The zero-order chi connectivity index (χ0) is 18.5. The quantitative estimate of drug-likeness (QED) is 0.684. The second-order valence-corrected chi connectivity index (χ2v) is 6.68. The Morgan fingerprint density at radius 3 is 2.96 bits per heavy atom. The highest BCUT2D eigenvalue weighted by Crippen LogP contribution is 2.34. The molecule has 0 radical (unpaired) electrons. The third-order valence-corrected chi connectivity index (χ3v) is 4.50. The molecule has 1 aromatic heterocycles. The first-order valence-corrected chi connectivity index (χ1v) is 8.89. The van der Waals surface area contributed by atoms with Crippen molar-refractivity contribution in [3.63, 3.8) is 0 Å². The number of hydrogen-bond donors (Lipinski definition) is 0. The van der Waals surface area contributed by atoms with E-state index in [-0.39, 0.29) is 25.0 Å². The van der Waals surface area contributed by atoms with Crippen molar-refractivity contribution in [1.29, 1.82) is 0 Å². The van der Waals surface area contributed by atoms with Crippen LogP contribution in [0.2, 0.25) is 0 Å². The predicted octanol–water partition coefficient (Wildman–Crippen LogP) is 2.44. The SMILES string of the molecule is COCCN(Cc1ccco1)C(=O)CN1C(=O)COc2cc(Br)ccc21. The summed E-state index contributed by atoms with van der Waals surface area (Å²) in [6.45, 7) is 0.962.